The predicted molar refractivity (Wildman–Crippen MR) is 76.5 cm³/mol. The number of carbonyl (C=O) groups is 1. The molecule has 0 heterocycles. The van der Waals surface area contributed by atoms with Crippen LogP contribution in [0.4, 0.5) is 18.9 Å². The zero-order chi connectivity index (χ0) is 16.2. The molecular formula is C16H12F3NO2. The molecular weight excluding hydrogens is 295 g/mol. The van der Waals surface area contributed by atoms with Crippen LogP contribution in [0, 0.1) is 0 Å². The Kier molecular flexibility index (Phi) is 4.60. The monoisotopic (exact) mass is 307 g/mol. The van der Waals surface area contributed by atoms with E-state index in [1.165, 1.54) is 25.5 Å². The van der Waals surface area contributed by atoms with Gasteiger partial charge in [-0.1, -0.05) is 12.1 Å². The number of alkyl halides is 3. The maximum atomic E-state index is 12.4. The van der Waals surface area contributed by atoms with Gasteiger partial charge >= 0.3 is 12.1 Å². The van der Waals surface area contributed by atoms with Gasteiger partial charge in [0.1, 0.15) is 0 Å². The van der Waals surface area contributed by atoms with E-state index in [9.17, 15) is 18.0 Å². The molecule has 0 saturated carbocycles. The molecule has 2 aromatic carbocycles. The van der Waals surface area contributed by atoms with Gasteiger partial charge < -0.3 is 4.74 Å². The van der Waals surface area contributed by atoms with Crippen molar-refractivity contribution in [2.75, 3.05) is 7.11 Å². The number of ether oxygens (including phenoxy) is 1. The summed E-state index contributed by atoms with van der Waals surface area (Å²) < 4.78 is 41.9. The van der Waals surface area contributed by atoms with E-state index in [1.807, 2.05) is 0 Å². The molecule has 2 aromatic rings. The van der Waals surface area contributed by atoms with Crippen LogP contribution in [-0.2, 0) is 10.9 Å². The first-order chi connectivity index (χ1) is 10.4. The van der Waals surface area contributed by atoms with Gasteiger partial charge in [0.05, 0.1) is 23.9 Å². The van der Waals surface area contributed by atoms with E-state index in [0.717, 1.165) is 12.1 Å². The highest BCUT2D eigenvalue weighted by molar-refractivity contribution is 5.90. The topological polar surface area (TPSA) is 38.7 Å². The van der Waals surface area contributed by atoms with E-state index in [2.05, 4.69) is 9.73 Å². The zero-order valence-corrected chi connectivity index (χ0v) is 11.6. The standard InChI is InChI=1S/C16H12F3NO2/c1-22-15(21)12-4-8-14(9-5-12)20-10-11-2-6-13(7-3-11)16(17,18)19/h2-10H,1H3. The summed E-state index contributed by atoms with van der Waals surface area (Å²) in [7, 11) is 1.29. The molecule has 2 rings (SSSR count). The van der Waals surface area contributed by atoms with E-state index in [4.69, 9.17) is 0 Å². The Balaban J connectivity index is 2.10. The number of carbonyl (C=O) groups excluding carboxylic acids is 1. The van der Waals surface area contributed by atoms with E-state index in [1.54, 1.807) is 24.3 Å². The van der Waals surface area contributed by atoms with Crippen molar-refractivity contribution in [2.45, 2.75) is 6.18 Å². The van der Waals surface area contributed by atoms with Crippen LogP contribution in [0.25, 0.3) is 0 Å². The summed E-state index contributed by atoms with van der Waals surface area (Å²) >= 11 is 0. The van der Waals surface area contributed by atoms with Crippen LogP contribution in [0.1, 0.15) is 21.5 Å². The van der Waals surface area contributed by atoms with Crippen molar-refractivity contribution in [1.29, 1.82) is 0 Å². The first kappa shape index (κ1) is 15.8. The average molecular weight is 307 g/mol. The number of hydrogen-bond donors (Lipinski definition) is 0. The molecule has 0 N–H and O–H groups in total. The van der Waals surface area contributed by atoms with Crippen LogP contribution in [0.3, 0.4) is 0 Å². The van der Waals surface area contributed by atoms with E-state index >= 15 is 0 Å². The van der Waals surface area contributed by atoms with Crippen LogP contribution in [0.15, 0.2) is 53.5 Å². The van der Waals surface area contributed by atoms with Gasteiger partial charge in [-0.2, -0.15) is 13.2 Å². The number of halogens is 3. The van der Waals surface area contributed by atoms with Crippen molar-refractivity contribution in [3.63, 3.8) is 0 Å². The van der Waals surface area contributed by atoms with Crippen molar-refractivity contribution < 1.29 is 22.7 Å². The molecule has 0 aliphatic carbocycles. The minimum Gasteiger partial charge on any atom is -0.465 e. The fourth-order valence-electron chi connectivity index (χ4n) is 1.71. The maximum absolute atomic E-state index is 12.4. The molecule has 22 heavy (non-hydrogen) atoms. The Bertz CT molecular complexity index is 674. The third kappa shape index (κ3) is 3.94. The summed E-state index contributed by atoms with van der Waals surface area (Å²) in [6.07, 6.45) is -2.90. The van der Waals surface area contributed by atoms with Crippen LogP contribution < -0.4 is 0 Å². The lowest BCUT2D eigenvalue weighted by Crippen LogP contribution is -2.04. The number of esters is 1. The molecule has 0 spiro atoms. The van der Waals surface area contributed by atoms with E-state index in [-0.39, 0.29) is 0 Å². The van der Waals surface area contributed by atoms with Crippen molar-refractivity contribution in [1.82, 2.24) is 0 Å². The van der Waals surface area contributed by atoms with Gasteiger partial charge in [0, 0.05) is 6.21 Å². The fourth-order valence-corrected chi connectivity index (χ4v) is 1.71. The second-order valence-corrected chi connectivity index (χ2v) is 4.42. The number of hydrogen-bond acceptors (Lipinski definition) is 3. The molecule has 0 aromatic heterocycles. The van der Waals surface area contributed by atoms with Gasteiger partial charge in [-0.3, -0.25) is 4.99 Å². The lowest BCUT2D eigenvalue weighted by Gasteiger charge is -2.05. The van der Waals surface area contributed by atoms with Crippen LogP contribution >= 0.6 is 0 Å². The molecule has 0 amide bonds. The quantitative estimate of drug-likeness (QED) is 0.628. The summed E-state index contributed by atoms with van der Waals surface area (Å²) in [6, 6.07) is 11.0. The summed E-state index contributed by atoms with van der Waals surface area (Å²) in [5.74, 6) is -0.446. The minimum absolute atomic E-state index is 0.399. The highest BCUT2D eigenvalue weighted by Gasteiger charge is 2.29. The average Bonchev–Trinajstić information content (AvgIpc) is 2.52. The van der Waals surface area contributed by atoms with Gasteiger partial charge in [0.2, 0.25) is 0 Å². The van der Waals surface area contributed by atoms with Crippen LogP contribution in [0.2, 0.25) is 0 Å². The lowest BCUT2D eigenvalue weighted by atomic mass is 10.1. The highest BCUT2D eigenvalue weighted by atomic mass is 19.4. The maximum Gasteiger partial charge on any atom is 0.416 e. The fraction of sp³-hybridized carbons (Fsp3) is 0.125. The van der Waals surface area contributed by atoms with Crippen LogP contribution in [-0.4, -0.2) is 19.3 Å². The third-order valence-electron chi connectivity index (χ3n) is 2.89. The van der Waals surface area contributed by atoms with Crippen molar-refractivity contribution in [2.24, 2.45) is 4.99 Å². The minimum atomic E-state index is -4.35. The number of benzene rings is 2. The summed E-state index contributed by atoms with van der Waals surface area (Å²) in [4.78, 5) is 15.4. The van der Waals surface area contributed by atoms with E-state index < -0.39 is 17.7 Å². The van der Waals surface area contributed by atoms with Crippen LogP contribution in [0.5, 0.6) is 0 Å². The molecule has 0 atom stereocenters. The molecule has 0 aliphatic rings. The molecule has 0 fully saturated rings. The van der Waals surface area contributed by atoms with E-state index in [0.29, 0.717) is 16.8 Å². The smallest absolute Gasteiger partial charge is 0.416 e. The number of nitrogens with zero attached hydrogens (tertiary/aromatic N) is 1. The SMILES string of the molecule is COC(=O)c1ccc(N=Cc2ccc(C(F)(F)F)cc2)cc1. The Hall–Kier alpha value is -2.63. The van der Waals surface area contributed by atoms with Gasteiger partial charge in [-0.05, 0) is 42.0 Å². The Morgan fingerprint density at radius 3 is 2.14 bits per heavy atom. The van der Waals surface area contributed by atoms with Crippen molar-refractivity contribution in [3.05, 3.63) is 65.2 Å². The molecule has 0 radical (unpaired) electrons. The number of rotatable bonds is 3. The summed E-state index contributed by atoms with van der Waals surface area (Å²) in [6.45, 7) is 0. The van der Waals surface area contributed by atoms with Gasteiger partial charge in [-0.15, -0.1) is 0 Å². The molecule has 114 valence electrons. The predicted octanol–water partition coefficient (Wildman–Crippen LogP) is 4.24. The molecule has 3 nitrogen and oxygen atoms in total. The first-order valence-corrected chi connectivity index (χ1v) is 6.30. The normalized spacial score (nSPS) is 11.6. The molecule has 0 bridgehead atoms. The Labute approximate surface area is 125 Å². The molecule has 6 heteroatoms. The van der Waals surface area contributed by atoms with Gasteiger partial charge in [-0.25, -0.2) is 4.79 Å². The summed E-state index contributed by atoms with van der Waals surface area (Å²) in [5.41, 5.74) is 0.820. The zero-order valence-electron chi connectivity index (χ0n) is 11.6. The Morgan fingerprint density at radius 2 is 1.64 bits per heavy atom. The first-order valence-electron chi connectivity index (χ1n) is 6.30. The third-order valence-corrected chi connectivity index (χ3v) is 2.89. The van der Waals surface area contributed by atoms with Gasteiger partial charge in [0.25, 0.3) is 0 Å². The van der Waals surface area contributed by atoms with Crippen molar-refractivity contribution in [3.8, 4) is 0 Å². The van der Waals surface area contributed by atoms with Crippen molar-refractivity contribution >= 4 is 17.9 Å². The molecule has 0 aliphatic heterocycles. The lowest BCUT2D eigenvalue weighted by molar-refractivity contribution is -0.137. The number of methoxy groups -OCH3 is 1. The summed E-state index contributed by atoms with van der Waals surface area (Å²) in [5, 5.41) is 0. The molecule has 0 unspecified atom stereocenters. The second-order valence-electron chi connectivity index (χ2n) is 4.42. The highest BCUT2D eigenvalue weighted by Crippen LogP contribution is 2.28. The Morgan fingerprint density at radius 1 is 1.05 bits per heavy atom. The number of aliphatic imine (C=N–C) groups is 1. The second kappa shape index (κ2) is 6.43. The van der Waals surface area contributed by atoms with Gasteiger partial charge in [0.15, 0.2) is 0 Å². The molecule has 0 saturated heterocycles. The largest absolute Gasteiger partial charge is 0.465 e.